The fourth-order valence-electron chi connectivity index (χ4n) is 2.08. The first-order chi connectivity index (χ1) is 11.9. The zero-order chi connectivity index (χ0) is 18.4. The lowest BCUT2D eigenvalue weighted by atomic mass is 10.1. The molecule has 6 nitrogen and oxygen atoms in total. The number of carbonyl (C=O) groups is 3. The van der Waals surface area contributed by atoms with Crippen LogP contribution in [0.15, 0.2) is 36.4 Å². The Hall–Kier alpha value is -2.67. The Morgan fingerprint density at radius 3 is 2.40 bits per heavy atom. The molecule has 0 spiro atoms. The Balaban J connectivity index is 1.98. The molecule has 0 bridgehead atoms. The van der Waals surface area contributed by atoms with Gasteiger partial charge in [0.2, 0.25) is 11.7 Å². The van der Waals surface area contributed by atoms with Crippen LogP contribution in [0.3, 0.4) is 0 Å². The molecule has 1 amide bonds. The first-order valence-corrected chi connectivity index (χ1v) is 8.57. The molecule has 132 valence electrons. The third-order valence-corrected chi connectivity index (χ3v) is 4.19. The summed E-state index contributed by atoms with van der Waals surface area (Å²) in [5.74, 6) is -0.447. The van der Waals surface area contributed by atoms with E-state index in [2.05, 4.69) is 5.32 Å². The average Bonchev–Trinajstić information content (AvgIpc) is 3.03. The molecule has 0 unspecified atom stereocenters. The minimum Gasteiger partial charge on any atom is -0.494 e. The highest BCUT2D eigenvalue weighted by Gasteiger charge is 2.21. The molecular weight excluding hydrogens is 342 g/mol. The lowest BCUT2D eigenvalue weighted by molar-refractivity contribution is -0.114. The maximum atomic E-state index is 12.4. The van der Waals surface area contributed by atoms with Gasteiger partial charge in [-0.1, -0.05) is 0 Å². The molecule has 0 fully saturated rings. The second-order valence-electron chi connectivity index (χ2n) is 5.21. The molecule has 1 N–H and O–H groups in total. The van der Waals surface area contributed by atoms with Crippen LogP contribution < -0.4 is 10.1 Å². The minimum atomic E-state index is -0.920. The van der Waals surface area contributed by atoms with Gasteiger partial charge in [0.05, 0.1) is 11.6 Å². The van der Waals surface area contributed by atoms with Gasteiger partial charge in [-0.05, 0) is 50.2 Å². The van der Waals surface area contributed by atoms with Crippen LogP contribution in [0.1, 0.15) is 40.8 Å². The standard InChI is InChI=1S/C18H19NO5S/c1-4-23-14-7-5-13(6-8-14)17(21)11(2)24-18(22)15-9-10-16(25-15)19-12(3)20/h5-11H,4H2,1-3H3,(H,19,20)/t11-/m0/s1. The molecule has 0 aliphatic carbocycles. The van der Waals surface area contributed by atoms with E-state index < -0.39 is 12.1 Å². The van der Waals surface area contributed by atoms with Gasteiger partial charge in [-0.25, -0.2) is 4.79 Å². The van der Waals surface area contributed by atoms with Crippen LogP contribution in [-0.4, -0.2) is 30.4 Å². The van der Waals surface area contributed by atoms with Crippen molar-refractivity contribution >= 4 is 34.0 Å². The van der Waals surface area contributed by atoms with Gasteiger partial charge in [0.1, 0.15) is 10.6 Å². The van der Waals surface area contributed by atoms with Gasteiger partial charge in [0.25, 0.3) is 0 Å². The lowest BCUT2D eigenvalue weighted by Crippen LogP contribution is -2.24. The van der Waals surface area contributed by atoms with E-state index in [0.29, 0.717) is 27.8 Å². The van der Waals surface area contributed by atoms with Crippen molar-refractivity contribution in [2.45, 2.75) is 26.9 Å². The van der Waals surface area contributed by atoms with Crippen LogP contribution in [0.25, 0.3) is 0 Å². The van der Waals surface area contributed by atoms with Crippen molar-refractivity contribution in [3.8, 4) is 5.75 Å². The summed E-state index contributed by atoms with van der Waals surface area (Å²) in [6.45, 7) is 5.33. The smallest absolute Gasteiger partial charge is 0.349 e. The van der Waals surface area contributed by atoms with Crippen LogP contribution in [0.2, 0.25) is 0 Å². The number of thiophene rings is 1. The van der Waals surface area contributed by atoms with Gasteiger partial charge >= 0.3 is 5.97 Å². The van der Waals surface area contributed by atoms with E-state index in [1.165, 1.54) is 13.8 Å². The van der Waals surface area contributed by atoms with Crippen molar-refractivity contribution in [1.82, 2.24) is 0 Å². The van der Waals surface area contributed by atoms with Gasteiger partial charge in [0, 0.05) is 12.5 Å². The van der Waals surface area contributed by atoms with Crippen molar-refractivity contribution in [3.05, 3.63) is 46.8 Å². The number of rotatable bonds is 7. The van der Waals surface area contributed by atoms with Gasteiger partial charge in [-0.3, -0.25) is 9.59 Å². The first kappa shape index (κ1) is 18.7. The summed E-state index contributed by atoms with van der Waals surface area (Å²) in [7, 11) is 0. The molecule has 0 aliphatic heterocycles. The van der Waals surface area contributed by atoms with E-state index in [0.717, 1.165) is 11.3 Å². The molecular formula is C18H19NO5S. The molecule has 0 saturated heterocycles. The molecule has 1 heterocycles. The molecule has 2 rings (SSSR count). The fraction of sp³-hybridized carbons (Fsp3) is 0.278. The Labute approximate surface area is 149 Å². The topological polar surface area (TPSA) is 81.7 Å². The quantitative estimate of drug-likeness (QED) is 0.603. The van der Waals surface area contributed by atoms with Crippen molar-refractivity contribution in [3.63, 3.8) is 0 Å². The predicted molar refractivity (Wildman–Crippen MR) is 95.4 cm³/mol. The fourth-order valence-corrected chi connectivity index (χ4v) is 2.91. The van der Waals surface area contributed by atoms with Crippen molar-refractivity contribution in [2.75, 3.05) is 11.9 Å². The number of nitrogens with one attached hydrogen (secondary N) is 1. The summed E-state index contributed by atoms with van der Waals surface area (Å²) in [5, 5.41) is 3.14. The molecule has 0 saturated carbocycles. The molecule has 1 aromatic heterocycles. The summed E-state index contributed by atoms with van der Waals surface area (Å²) < 4.78 is 10.6. The zero-order valence-electron chi connectivity index (χ0n) is 14.2. The second kappa shape index (κ2) is 8.43. The second-order valence-corrected chi connectivity index (χ2v) is 6.30. The van der Waals surface area contributed by atoms with Gasteiger partial charge < -0.3 is 14.8 Å². The Kier molecular flexibility index (Phi) is 6.30. The number of Topliss-reactive ketones (excluding diaryl/α,β-unsaturated/α-hetero) is 1. The monoisotopic (exact) mass is 361 g/mol. The summed E-state index contributed by atoms with van der Waals surface area (Å²) in [5.41, 5.74) is 0.439. The van der Waals surface area contributed by atoms with E-state index in [-0.39, 0.29) is 11.7 Å². The maximum Gasteiger partial charge on any atom is 0.349 e. The summed E-state index contributed by atoms with van der Waals surface area (Å²) in [4.78, 5) is 35.8. The number of benzene rings is 1. The number of amides is 1. The number of anilines is 1. The maximum absolute atomic E-state index is 12.4. The SMILES string of the molecule is CCOc1ccc(C(=O)[C@H](C)OC(=O)c2ccc(NC(C)=O)s2)cc1. The normalized spacial score (nSPS) is 11.5. The zero-order valence-corrected chi connectivity index (χ0v) is 15.0. The highest BCUT2D eigenvalue weighted by molar-refractivity contribution is 7.18. The first-order valence-electron chi connectivity index (χ1n) is 7.76. The van der Waals surface area contributed by atoms with E-state index in [4.69, 9.17) is 9.47 Å². The van der Waals surface area contributed by atoms with Crippen molar-refractivity contribution in [1.29, 1.82) is 0 Å². The van der Waals surface area contributed by atoms with Crippen LogP contribution >= 0.6 is 11.3 Å². The number of esters is 1. The van der Waals surface area contributed by atoms with Crippen molar-refractivity contribution in [2.24, 2.45) is 0 Å². The lowest BCUT2D eigenvalue weighted by Gasteiger charge is -2.12. The third-order valence-electron chi connectivity index (χ3n) is 3.21. The highest BCUT2D eigenvalue weighted by atomic mass is 32.1. The van der Waals surface area contributed by atoms with E-state index >= 15 is 0 Å². The Morgan fingerprint density at radius 1 is 1.12 bits per heavy atom. The largest absolute Gasteiger partial charge is 0.494 e. The summed E-state index contributed by atoms with van der Waals surface area (Å²) >= 11 is 1.09. The third kappa shape index (κ3) is 5.15. The molecule has 2 aromatic rings. The number of hydrogen-bond donors (Lipinski definition) is 1. The van der Waals surface area contributed by atoms with E-state index in [9.17, 15) is 14.4 Å². The molecule has 1 atom stereocenters. The van der Waals surface area contributed by atoms with Gasteiger partial charge in [-0.15, -0.1) is 11.3 Å². The average molecular weight is 361 g/mol. The van der Waals surface area contributed by atoms with E-state index in [1.54, 1.807) is 36.4 Å². The van der Waals surface area contributed by atoms with Crippen LogP contribution in [0.5, 0.6) is 5.75 Å². The Bertz CT molecular complexity index is 766. The predicted octanol–water partition coefficient (Wildman–Crippen LogP) is 3.53. The Morgan fingerprint density at radius 2 is 1.80 bits per heavy atom. The van der Waals surface area contributed by atoms with Crippen molar-refractivity contribution < 1.29 is 23.9 Å². The van der Waals surface area contributed by atoms with Gasteiger partial charge in [-0.2, -0.15) is 0 Å². The molecule has 0 aliphatic rings. The van der Waals surface area contributed by atoms with Gasteiger partial charge in [0.15, 0.2) is 6.10 Å². The molecule has 7 heteroatoms. The minimum absolute atomic E-state index is 0.221. The number of carbonyl (C=O) groups excluding carboxylic acids is 3. The number of hydrogen-bond acceptors (Lipinski definition) is 6. The molecule has 25 heavy (non-hydrogen) atoms. The van der Waals surface area contributed by atoms with Crippen LogP contribution in [0.4, 0.5) is 5.00 Å². The van der Waals surface area contributed by atoms with Crippen LogP contribution in [-0.2, 0) is 9.53 Å². The number of ketones is 1. The highest BCUT2D eigenvalue weighted by Crippen LogP contribution is 2.23. The summed E-state index contributed by atoms with van der Waals surface area (Å²) in [6, 6.07) is 9.83. The summed E-state index contributed by atoms with van der Waals surface area (Å²) in [6.07, 6.45) is -0.920. The van der Waals surface area contributed by atoms with E-state index in [1.807, 2.05) is 6.92 Å². The molecule has 1 aromatic carbocycles. The molecule has 0 radical (unpaired) electrons. The van der Waals surface area contributed by atoms with Crippen LogP contribution in [0, 0.1) is 0 Å². The number of ether oxygens (including phenoxy) is 2.